The average Bonchev–Trinajstić information content (AvgIpc) is 2.05. The van der Waals surface area contributed by atoms with Gasteiger partial charge in [0, 0.05) is 0 Å². The van der Waals surface area contributed by atoms with Crippen molar-refractivity contribution in [1.82, 2.24) is 0 Å². The van der Waals surface area contributed by atoms with E-state index >= 15 is 0 Å². The molecule has 0 aliphatic heterocycles. The van der Waals surface area contributed by atoms with Gasteiger partial charge in [0.25, 0.3) is 0 Å². The highest BCUT2D eigenvalue weighted by Crippen LogP contribution is 2.44. The molecule has 0 amide bonds. The third-order valence-corrected chi connectivity index (χ3v) is 3.26. The lowest BCUT2D eigenvalue weighted by molar-refractivity contribution is 0.167. The molecule has 0 spiro atoms. The molecule has 0 heteroatoms. The standard InChI is InChI=1S/C12H18/c1-12(2,3)11-8-9-4-6-10(11)7-5-9/h4-7,9-11H,8H2,1-3H3. The largest absolute Gasteiger partial charge is 0.0810 e. The van der Waals surface area contributed by atoms with Crippen LogP contribution in [0.3, 0.4) is 0 Å². The number of allylic oxidation sites excluding steroid dienone is 4. The Hall–Kier alpha value is -0.520. The molecule has 0 saturated carbocycles. The van der Waals surface area contributed by atoms with Crippen LogP contribution in [-0.4, -0.2) is 0 Å². The van der Waals surface area contributed by atoms with Crippen LogP contribution in [0, 0.1) is 23.2 Å². The summed E-state index contributed by atoms with van der Waals surface area (Å²) in [5.74, 6) is 2.31. The van der Waals surface area contributed by atoms with E-state index in [0.29, 0.717) is 5.41 Å². The van der Waals surface area contributed by atoms with E-state index in [1.807, 2.05) is 0 Å². The summed E-state index contributed by atoms with van der Waals surface area (Å²) in [6.45, 7) is 7.08. The van der Waals surface area contributed by atoms with Gasteiger partial charge >= 0.3 is 0 Å². The first-order valence-corrected chi connectivity index (χ1v) is 4.94. The average molecular weight is 162 g/mol. The fourth-order valence-corrected chi connectivity index (χ4v) is 2.48. The number of hydrogen-bond donors (Lipinski definition) is 0. The lowest BCUT2D eigenvalue weighted by Gasteiger charge is -2.41. The van der Waals surface area contributed by atoms with Gasteiger partial charge in [0.05, 0.1) is 0 Å². The fraction of sp³-hybridized carbons (Fsp3) is 0.667. The summed E-state index contributed by atoms with van der Waals surface area (Å²) in [7, 11) is 0. The highest BCUT2D eigenvalue weighted by Gasteiger charge is 2.35. The molecule has 0 aromatic carbocycles. The molecule has 66 valence electrons. The van der Waals surface area contributed by atoms with Gasteiger partial charge in [0.2, 0.25) is 0 Å². The third-order valence-electron chi connectivity index (χ3n) is 3.26. The molecule has 0 aromatic rings. The molecular formula is C12H18. The zero-order valence-electron chi connectivity index (χ0n) is 8.25. The van der Waals surface area contributed by atoms with E-state index in [-0.39, 0.29) is 0 Å². The van der Waals surface area contributed by atoms with E-state index < -0.39 is 0 Å². The van der Waals surface area contributed by atoms with Crippen molar-refractivity contribution >= 4 is 0 Å². The van der Waals surface area contributed by atoms with Crippen LogP contribution in [0.25, 0.3) is 0 Å². The van der Waals surface area contributed by atoms with Crippen molar-refractivity contribution in [2.75, 3.05) is 0 Å². The Morgan fingerprint density at radius 2 is 1.58 bits per heavy atom. The molecule has 3 aliphatic carbocycles. The van der Waals surface area contributed by atoms with Crippen molar-refractivity contribution in [3.05, 3.63) is 24.3 Å². The van der Waals surface area contributed by atoms with E-state index in [0.717, 1.165) is 17.8 Å². The van der Waals surface area contributed by atoms with Crippen molar-refractivity contribution < 1.29 is 0 Å². The first-order valence-electron chi connectivity index (χ1n) is 4.94. The summed E-state index contributed by atoms with van der Waals surface area (Å²) in [4.78, 5) is 0. The minimum atomic E-state index is 0.471. The van der Waals surface area contributed by atoms with Crippen molar-refractivity contribution in [3.63, 3.8) is 0 Å². The molecule has 0 saturated heterocycles. The van der Waals surface area contributed by atoms with E-state index in [9.17, 15) is 0 Å². The Morgan fingerprint density at radius 1 is 1.00 bits per heavy atom. The summed E-state index contributed by atoms with van der Waals surface area (Å²) < 4.78 is 0. The molecule has 0 heterocycles. The van der Waals surface area contributed by atoms with Crippen LogP contribution in [0.1, 0.15) is 27.2 Å². The van der Waals surface area contributed by atoms with Crippen molar-refractivity contribution in [3.8, 4) is 0 Å². The number of rotatable bonds is 0. The van der Waals surface area contributed by atoms with E-state index in [2.05, 4.69) is 45.1 Å². The Bertz CT molecular complexity index is 213. The van der Waals surface area contributed by atoms with Crippen LogP contribution in [0.5, 0.6) is 0 Å². The van der Waals surface area contributed by atoms with Crippen molar-refractivity contribution in [1.29, 1.82) is 0 Å². The second-order valence-electron chi connectivity index (χ2n) is 5.22. The van der Waals surface area contributed by atoms with Crippen LogP contribution in [0.4, 0.5) is 0 Å². The normalized spacial score (nSPS) is 39.1. The molecule has 1 unspecified atom stereocenters. The lowest BCUT2D eigenvalue weighted by atomic mass is 9.63. The molecule has 0 aromatic heterocycles. The molecule has 3 rings (SSSR count). The third kappa shape index (κ3) is 1.24. The Balaban J connectivity index is 2.22. The van der Waals surface area contributed by atoms with Gasteiger partial charge in [-0.2, -0.15) is 0 Å². The molecule has 0 radical (unpaired) electrons. The molecule has 12 heavy (non-hydrogen) atoms. The van der Waals surface area contributed by atoms with Gasteiger partial charge in [-0.3, -0.25) is 0 Å². The highest BCUT2D eigenvalue weighted by atomic mass is 14.4. The summed E-state index contributed by atoms with van der Waals surface area (Å²) >= 11 is 0. The second-order valence-corrected chi connectivity index (χ2v) is 5.22. The maximum absolute atomic E-state index is 2.39. The SMILES string of the molecule is CC(C)(C)C1CC2C=CC1C=C2. The first-order chi connectivity index (χ1) is 5.57. The molecule has 2 bridgehead atoms. The van der Waals surface area contributed by atoms with Crippen LogP contribution < -0.4 is 0 Å². The quantitative estimate of drug-likeness (QED) is 0.479. The van der Waals surface area contributed by atoms with Gasteiger partial charge in [0.1, 0.15) is 0 Å². The van der Waals surface area contributed by atoms with Gasteiger partial charge in [-0.25, -0.2) is 0 Å². The Morgan fingerprint density at radius 3 is 1.83 bits per heavy atom. The first kappa shape index (κ1) is 8.10. The predicted molar refractivity (Wildman–Crippen MR) is 52.8 cm³/mol. The molecule has 1 atom stereocenters. The molecule has 0 nitrogen and oxygen atoms in total. The van der Waals surface area contributed by atoms with Gasteiger partial charge < -0.3 is 0 Å². The maximum Gasteiger partial charge on any atom is -0.00195 e. The van der Waals surface area contributed by atoms with E-state index in [1.165, 1.54) is 6.42 Å². The minimum absolute atomic E-state index is 0.471. The zero-order chi connectivity index (χ0) is 8.77. The van der Waals surface area contributed by atoms with Gasteiger partial charge in [0.15, 0.2) is 0 Å². The topological polar surface area (TPSA) is 0 Å². The summed E-state index contributed by atoms with van der Waals surface area (Å²) in [6.07, 6.45) is 10.9. The van der Waals surface area contributed by atoms with Crippen LogP contribution in [0.2, 0.25) is 0 Å². The molecule has 3 aliphatic rings. The molecular weight excluding hydrogens is 144 g/mol. The second kappa shape index (κ2) is 2.48. The molecule has 0 N–H and O–H groups in total. The Labute approximate surface area is 75.4 Å². The van der Waals surface area contributed by atoms with Gasteiger partial charge in [-0.05, 0) is 29.6 Å². The van der Waals surface area contributed by atoms with Gasteiger partial charge in [-0.15, -0.1) is 0 Å². The van der Waals surface area contributed by atoms with E-state index in [1.54, 1.807) is 0 Å². The fourth-order valence-electron chi connectivity index (χ4n) is 2.48. The van der Waals surface area contributed by atoms with Crippen LogP contribution in [-0.2, 0) is 0 Å². The number of fused-ring (bicyclic) bond motifs is 1. The summed E-state index contributed by atoms with van der Waals surface area (Å²) in [5, 5.41) is 0. The van der Waals surface area contributed by atoms with E-state index in [4.69, 9.17) is 0 Å². The highest BCUT2D eigenvalue weighted by molar-refractivity contribution is 5.20. The lowest BCUT2D eigenvalue weighted by Crippen LogP contribution is -2.33. The van der Waals surface area contributed by atoms with Crippen LogP contribution in [0.15, 0.2) is 24.3 Å². The van der Waals surface area contributed by atoms with Crippen molar-refractivity contribution in [2.24, 2.45) is 23.2 Å². The van der Waals surface area contributed by atoms with Crippen LogP contribution >= 0.6 is 0 Å². The minimum Gasteiger partial charge on any atom is -0.0810 e. The predicted octanol–water partition coefficient (Wildman–Crippen LogP) is 3.41. The van der Waals surface area contributed by atoms with Crippen molar-refractivity contribution in [2.45, 2.75) is 27.2 Å². The number of hydrogen-bond acceptors (Lipinski definition) is 0. The molecule has 0 fully saturated rings. The summed E-state index contributed by atoms with van der Waals surface area (Å²) in [5.41, 5.74) is 0.471. The monoisotopic (exact) mass is 162 g/mol. The van der Waals surface area contributed by atoms with Gasteiger partial charge in [-0.1, -0.05) is 45.1 Å². The summed E-state index contributed by atoms with van der Waals surface area (Å²) in [6, 6.07) is 0. The Kier molecular flexibility index (Phi) is 1.67. The maximum atomic E-state index is 2.39. The zero-order valence-corrected chi connectivity index (χ0v) is 8.25. The smallest absolute Gasteiger partial charge is 0.00195 e.